The van der Waals surface area contributed by atoms with Crippen molar-refractivity contribution in [2.45, 2.75) is 284 Å². The van der Waals surface area contributed by atoms with Crippen molar-refractivity contribution in [3.8, 4) is 0 Å². The van der Waals surface area contributed by atoms with Crippen molar-refractivity contribution in [1.82, 2.24) is 0 Å². The first kappa shape index (κ1) is 62.1. The number of carbonyl (C=O) groups is 3. The van der Waals surface area contributed by atoms with E-state index < -0.39 is 6.10 Å². The van der Waals surface area contributed by atoms with Crippen LogP contribution in [0.15, 0.2) is 60.8 Å². The number of ether oxygens (including phenoxy) is 3. The molecule has 0 saturated carbocycles. The molecule has 0 bridgehead atoms. The fourth-order valence-corrected chi connectivity index (χ4v) is 7.86. The van der Waals surface area contributed by atoms with E-state index >= 15 is 0 Å². The number of carbonyl (C=O) groups excluding carboxylic acids is 3. The average molecular weight is 909 g/mol. The van der Waals surface area contributed by atoms with E-state index in [4.69, 9.17) is 14.2 Å². The maximum atomic E-state index is 12.8. The smallest absolute Gasteiger partial charge is 0.306 e. The van der Waals surface area contributed by atoms with Crippen molar-refractivity contribution in [3.05, 3.63) is 60.8 Å². The second-order valence-electron chi connectivity index (χ2n) is 18.5. The van der Waals surface area contributed by atoms with Gasteiger partial charge in [-0.3, -0.25) is 14.4 Å². The molecule has 1 atom stereocenters. The molecule has 0 heterocycles. The molecule has 0 spiro atoms. The Morgan fingerprint density at radius 2 is 0.646 bits per heavy atom. The van der Waals surface area contributed by atoms with Gasteiger partial charge in [-0.25, -0.2) is 0 Å². The van der Waals surface area contributed by atoms with Crippen LogP contribution in [-0.2, 0) is 28.6 Å². The molecule has 0 radical (unpaired) electrons. The average Bonchev–Trinajstić information content (AvgIpc) is 3.30. The van der Waals surface area contributed by atoms with Crippen LogP contribution in [0.2, 0.25) is 0 Å². The molecule has 0 fully saturated rings. The van der Waals surface area contributed by atoms with Crippen LogP contribution in [0.3, 0.4) is 0 Å². The van der Waals surface area contributed by atoms with Crippen LogP contribution >= 0.6 is 0 Å². The Bertz CT molecular complexity index is 1180. The van der Waals surface area contributed by atoms with Gasteiger partial charge in [-0.2, -0.15) is 0 Å². The number of esters is 3. The lowest BCUT2D eigenvalue weighted by molar-refractivity contribution is -0.167. The van der Waals surface area contributed by atoms with Gasteiger partial charge in [0.15, 0.2) is 6.10 Å². The van der Waals surface area contributed by atoms with Crippen LogP contribution in [-0.4, -0.2) is 37.2 Å². The first-order valence-electron chi connectivity index (χ1n) is 27.8. The Morgan fingerprint density at radius 3 is 1.03 bits per heavy atom. The minimum absolute atomic E-state index is 0.0826. The van der Waals surface area contributed by atoms with Gasteiger partial charge in [-0.1, -0.05) is 242 Å². The first-order valence-corrected chi connectivity index (χ1v) is 27.8. The van der Waals surface area contributed by atoms with Gasteiger partial charge in [-0.05, 0) is 77.0 Å². The monoisotopic (exact) mass is 909 g/mol. The Labute approximate surface area is 402 Å². The minimum Gasteiger partial charge on any atom is -0.462 e. The van der Waals surface area contributed by atoms with Crippen LogP contribution in [0.4, 0.5) is 0 Å². The van der Waals surface area contributed by atoms with Crippen molar-refractivity contribution in [2.24, 2.45) is 0 Å². The molecule has 0 N–H and O–H groups in total. The van der Waals surface area contributed by atoms with Crippen molar-refractivity contribution in [2.75, 3.05) is 13.2 Å². The van der Waals surface area contributed by atoms with Crippen molar-refractivity contribution in [1.29, 1.82) is 0 Å². The zero-order chi connectivity index (χ0) is 47.2. The fourth-order valence-electron chi connectivity index (χ4n) is 7.86. The Hall–Kier alpha value is -2.89. The summed E-state index contributed by atoms with van der Waals surface area (Å²) in [6, 6.07) is 0. The topological polar surface area (TPSA) is 78.9 Å². The third kappa shape index (κ3) is 51.9. The molecular formula is C59H104O6. The van der Waals surface area contributed by atoms with Gasteiger partial charge in [0.05, 0.1) is 0 Å². The van der Waals surface area contributed by atoms with Crippen LogP contribution in [0.5, 0.6) is 0 Å². The summed E-state index contributed by atoms with van der Waals surface area (Å²) in [4.78, 5) is 38.1. The quantitative estimate of drug-likeness (QED) is 0.0199. The Balaban J connectivity index is 4.40. The van der Waals surface area contributed by atoms with Crippen molar-refractivity contribution >= 4 is 17.9 Å². The molecule has 0 saturated heterocycles. The summed E-state index contributed by atoms with van der Waals surface area (Å²) in [7, 11) is 0. The van der Waals surface area contributed by atoms with Gasteiger partial charge in [0.2, 0.25) is 0 Å². The largest absolute Gasteiger partial charge is 0.462 e. The molecule has 0 amide bonds. The van der Waals surface area contributed by atoms with Crippen molar-refractivity contribution < 1.29 is 28.6 Å². The molecule has 0 aromatic rings. The minimum atomic E-state index is -0.785. The van der Waals surface area contributed by atoms with E-state index in [1.807, 2.05) is 0 Å². The Morgan fingerprint density at radius 1 is 0.338 bits per heavy atom. The van der Waals surface area contributed by atoms with E-state index in [9.17, 15) is 14.4 Å². The zero-order valence-corrected chi connectivity index (χ0v) is 43.0. The predicted molar refractivity (Wildman–Crippen MR) is 279 cm³/mol. The summed E-state index contributed by atoms with van der Waals surface area (Å²) in [5.74, 6) is -0.902. The summed E-state index contributed by atoms with van der Waals surface area (Å²) in [5.41, 5.74) is 0. The molecule has 0 aliphatic carbocycles. The summed E-state index contributed by atoms with van der Waals surface area (Å²) in [6.07, 6.45) is 66.3. The summed E-state index contributed by atoms with van der Waals surface area (Å²) >= 11 is 0. The molecule has 376 valence electrons. The molecule has 1 unspecified atom stereocenters. The molecule has 0 aromatic heterocycles. The Kier molecular flexibility index (Phi) is 51.3. The lowest BCUT2D eigenvalue weighted by Crippen LogP contribution is -2.30. The highest BCUT2D eigenvalue weighted by Crippen LogP contribution is 2.15. The molecule has 0 aliphatic heterocycles. The fraction of sp³-hybridized carbons (Fsp3) is 0.780. The number of rotatable bonds is 50. The van der Waals surface area contributed by atoms with E-state index in [1.54, 1.807) is 0 Å². The highest BCUT2D eigenvalue weighted by Gasteiger charge is 2.19. The van der Waals surface area contributed by atoms with Gasteiger partial charge in [0.25, 0.3) is 0 Å². The normalized spacial score (nSPS) is 12.5. The molecule has 0 aromatic carbocycles. The number of hydrogen-bond donors (Lipinski definition) is 0. The second-order valence-corrected chi connectivity index (χ2v) is 18.5. The second kappa shape index (κ2) is 53.7. The lowest BCUT2D eigenvalue weighted by Gasteiger charge is -2.18. The lowest BCUT2D eigenvalue weighted by atomic mass is 10.0. The van der Waals surface area contributed by atoms with Crippen molar-refractivity contribution in [3.63, 3.8) is 0 Å². The maximum Gasteiger partial charge on any atom is 0.306 e. The molecule has 0 rings (SSSR count). The van der Waals surface area contributed by atoms with Gasteiger partial charge < -0.3 is 14.2 Å². The summed E-state index contributed by atoms with van der Waals surface area (Å²) < 4.78 is 16.8. The number of unbranched alkanes of at least 4 members (excludes halogenated alkanes) is 30. The third-order valence-electron chi connectivity index (χ3n) is 12.0. The zero-order valence-electron chi connectivity index (χ0n) is 43.0. The van der Waals surface area contributed by atoms with E-state index in [-0.39, 0.29) is 31.1 Å². The van der Waals surface area contributed by atoms with E-state index in [0.717, 1.165) is 109 Å². The summed E-state index contributed by atoms with van der Waals surface area (Å²) in [6.45, 7) is 6.52. The van der Waals surface area contributed by atoms with Crippen LogP contribution in [0.25, 0.3) is 0 Å². The number of hydrogen-bond acceptors (Lipinski definition) is 6. The SMILES string of the molecule is CC/C=C\C/C=C\C/C=C\CCCCCCCCC(=O)OC(COC(=O)CCCCCCC/C=C\C=C/CCCCCCCCC)COC(=O)CCCCCCCCCCCCCCC. The summed E-state index contributed by atoms with van der Waals surface area (Å²) in [5, 5.41) is 0. The van der Waals surface area contributed by atoms with Crippen LogP contribution < -0.4 is 0 Å². The van der Waals surface area contributed by atoms with Gasteiger partial charge in [-0.15, -0.1) is 0 Å². The van der Waals surface area contributed by atoms with E-state index in [0.29, 0.717) is 19.3 Å². The van der Waals surface area contributed by atoms with Gasteiger partial charge >= 0.3 is 17.9 Å². The maximum absolute atomic E-state index is 12.8. The molecule has 65 heavy (non-hydrogen) atoms. The van der Waals surface area contributed by atoms with E-state index in [1.165, 1.54) is 128 Å². The predicted octanol–water partition coefficient (Wildman–Crippen LogP) is 18.4. The van der Waals surface area contributed by atoms with Crippen LogP contribution in [0, 0.1) is 0 Å². The van der Waals surface area contributed by atoms with Gasteiger partial charge in [0, 0.05) is 19.3 Å². The van der Waals surface area contributed by atoms with Gasteiger partial charge in [0.1, 0.15) is 13.2 Å². The molecule has 6 nitrogen and oxygen atoms in total. The molecular weight excluding hydrogens is 805 g/mol. The van der Waals surface area contributed by atoms with E-state index in [2.05, 4.69) is 81.5 Å². The van der Waals surface area contributed by atoms with Crippen LogP contribution in [0.1, 0.15) is 278 Å². The highest BCUT2D eigenvalue weighted by atomic mass is 16.6. The molecule has 6 heteroatoms. The molecule has 0 aliphatic rings. The third-order valence-corrected chi connectivity index (χ3v) is 12.0. The first-order chi connectivity index (χ1) is 32.0. The number of allylic oxidation sites excluding steroid dienone is 10. The standard InChI is InChI=1S/C59H104O6/c1-4-7-10-13-16-19-22-25-27-29-30-32-34-37-40-43-46-49-52-58(61)64-55-56(54-63-57(60)51-48-45-42-39-36-33-24-21-18-15-12-9-6-3)65-59(62)53-50-47-44-41-38-35-31-28-26-23-20-17-14-11-8-5-2/h8,11,17,20,26-30,32,56H,4-7,9-10,12-16,18-19,21-25,31,33-55H2,1-3H3/b11-8-,20-17-,28-26-,29-27-,32-30-. The highest BCUT2D eigenvalue weighted by molar-refractivity contribution is 5.71.